The van der Waals surface area contributed by atoms with Crippen molar-refractivity contribution in [2.24, 2.45) is 0 Å². The minimum Gasteiger partial charge on any atom is -0.444 e. The lowest BCUT2D eigenvalue weighted by Gasteiger charge is -2.27. The van der Waals surface area contributed by atoms with Crippen LogP contribution in [0.1, 0.15) is 27.2 Å². The zero-order chi connectivity index (χ0) is 15.5. The molecular weight excluding hydrogens is 266 g/mol. The number of likely N-dealkylation sites (tertiary alicyclic amines) is 1. The molecule has 1 saturated heterocycles. The van der Waals surface area contributed by atoms with Crippen LogP contribution >= 0.6 is 0 Å². The zero-order valence-electron chi connectivity index (χ0n) is 11.8. The van der Waals surface area contributed by atoms with E-state index in [1.165, 1.54) is 0 Å². The zero-order valence-corrected chi connectivity index (χ0v) is 11.8. The molecule has 1 heterocycles. The number of β-amino-alcohol motifs (C(OH)–C–C–N with tert-alkyl or cyclic N) is 1. The number of ether oxygens (including phenoxy) is 2. The molecule has 2 atom stereocenters. The van der Waals surface area contributed by atoms with Gasteiger partial charge in [0.25, 0.3) is 0 Å². The number of amides is 1. The number of hydrogen-bond acceptors (Lipinski definition) is 6. The largest absolute Gasteiger partial charge is 0.444 e. The highest BCUT2D eigenvalue weighted by Crippen LogP contribution is 2.22. The number of aliphatic hydroxyl groups is 1. The van der Waals surface area contributed by atoms with Crippen molar-refractivity contribution in [2.75, 3.05) is 6.54 Å². The van der Waals surface area contributed by atoms with Crippen molar-refractivity contribution in [1.82, 2.24) is 4.90 Å². The monoisotopic (exact) mass is 285 g/mol. The third-order valence-electron chi connectivity index (χ3n) is 2.55. The molecule has 0 saturated carbocycles. The normalized spacial score (nSPS) is 22.3. The van der Waals surface area contributed by atoms with Crippen molar-refractivity contribution in [3.8, 4) is 0 Å². The Morgan fingerprint density at radius 2 is 1.95 bits per heavy atom. The van der Waals surface area contributed by atoms with E-state index in [1.807, 2.05) is 0 Å². The van der Waals surface area contributed by atoms with Gasteiger partial charge in [0.15, 0.2) is 0 Å². The van der Waals surface area contributed by atoms with E-state index < -0.39 is 35.8 Å². The van der Waals surface area contributed by atoms with Crippen LogP contribution in [0.5, 0.6) is 0 Å². The van der Waals surface area contributed by atoms with E-state index >= 15 is 0 Å². The molecular formula is C13H19NO6. The second-order valence-electron chi connectivity index (χ2n) is 5.48. The van der Waals surface area contributed by atoms with Crippen LogP contribution in [-0.2, 0) is 19.1 Å². The molecule has 20 heavy (non-hydrogen) atoms. The van der Waals surface area contributed by atoms with Crippen molar-refractivity contribution in [3.63, 3.8) is 0 Å². The SMILES string of the molecule is C=CC(=O)OC(=O)[C@@H]1C[C@@H](O)CN1C(=O)OC(C)(C)C. The smallest absolute Gasteiger partial charge is 0.411 e. The second-order valence-corrected chi connectivity index (χ2v) is 5.48. The average molecular weight is 285 g/mol. The van der Waals surface area contributed by atoms with Crippen LogP contribution in [0.25, 0.3) is 0 Å². The molecule has 112 valence electrons. The van der Waals surface area contributed by atoms with Crippen LogP contribution in [-0.4, -0.2) is 52.3 Å². The van der Waals surface area contributed by atoms with Gasteiger partial charge in [-0.3, -0.25) is 4.90 Å². The van der Waals surface area contributed by atoms with E-state index in [1.54, 1.807) is 20.8 Å². The third kappa shape index (κ3) is 4.34. The van der Waals surface area contributed by atoms with Gasteiger partial charge in [0.1, 0.15) is 11.6 Å². The maximum absolute atomic E-state index is 12.0. The molecule has 1 N–H and O–H groups in total. The Balaban J connectivity index is 2.78. The van der Waals surface area contributed by atoms with E-state index in [0.717, 1.165) is 11.0 Å². The molecule has 0 spiro atoms. The van der Waals surface area contributed by atoms with Crippen molar-refractivity contribution < 1.29 is 29.0 Å². The van der Waals surface area contributed by atoms with Gasteiger partial charge in [-0.25, -0.2) is 14.4 Å². The summed E-state index contributed by atoms with van der Waals surface area (Å²) in [6.45, 7) is 8.19. The first-order valence-electron chi connectivity index (χ1n) is 6.20. The molecule has 0 aromatic heterocycles. The predicted molar refractivity (Wildman–Crippen MR) is 68.6 cm³/mol. The summed E-state index contributed by atoms with van der Waals surface area (Å²) in [6, 6.07) is -1.04. The molecule has 7 heteroatoms. The van der Waals surface area contributed by atoms with Crippen LogP contribution < -0.4 is 0 Å². The number of esters is 2. The van der Waals surface area contributed by atoms with E-state index in [9.17, 15) is 19.5 Å². The number of aliphatic hydroxyl groups excluding tert-OH is 1. The van der Waals surface area contributed by atoms with Gasteiger partial charge in [-0.2, -0.15) is 0 Å². The minimum atomic E-state index is -1.04. The van der Waals surface area contributed by atoms with Gasteiger partial charge in [-0.1, -0.05) is 6.58 Å². The average Bonchev–Trinajstić information content (AvgIpc) is 2.69. The molecule has 1 aliphatic heterocycles. The lowest BCUT2D eigenvalue weighted by molar-refractivity contribution is -0.159. The first-order valence-corrected chi connectivity index (χ1v) is 6.20. The van der Waals surface area contributed by atoms with Crippen LogP contribution in [0, 0.1) is 0 Å². The molecule has 0 radical (unpaired) electrons. The van der Waals surface area contributed by atoms with Crippen LogP contribution in [0.4, 0.5) is 4.79 Å². The van der Waals surface area contributed by atoms with E-state index in [4.69, 9.17) is 4.74 Å². The van der Waals surface area contributed by atoms with Crippen molar-refractivity contribution in [1.29, 1.82) is 0 Å². The fourth-order valence-electron chi connectivity index (χ4n) is 1.77. The van der Waals surface area contributed by atoms with Gasteiger partial charge >= 0.3 is 18.0 Å². The highest BCUT2D eigenvalue weighted by molar-refractivity contribution is 5.94. The molecule has 0 bridgehead atoms. The van der Waals surface area contributed by atoms with Gasteiger partial charge in [0.2, 0.25) is 0 Å². The first-order chi connectivity index (χ1) is 9.14. The van der Waals surface area contributed by atoms with E-state index in [2.05, 4.69) is 11.3 Å². The highest BCUT2D eigenvalue weighted by Gasteiger charge is 2.42. The topological polar surface area (TPSA) is 93.1 Å². The van der Waals surface area contributed by atoms with Gasteiger partial charge in [-0.05, 0) is 20.8 Å². The maximum Gasteiger partial charge on any atom is 0.411 e. The molecule has 1 aliphatic rings. The fourth-order valence-corrected chi connectivity index (χ4v) is 1.77. The lowest BCUT2D eigenvalue weighted by Crippen LogP contribution is -2.44. The quantitative estimate of drug-likeness (QED) is 0.454. The summed E-state index contributed by atoms with van der Waals surface area (Å²) in [6.07, 6.45) is -0.746. The Hall–Kier alpha value is -1.89. The predicted octanol–water partition coefficient (Wildman–Crippen LogP) is 0.612. The molecule has 7 nitrogen and oxygen atoms in total. The minimum absolute atomic E-state index is 0.00248. The van der Waals surface area contributed by atoms with Crippen molar-refractivity contribution in [3.05, 3.63) is 12.7 Å². The third-order valence-corrected chi connectivity index (χ3v) is 2.55. The second kappa shape index (κ2) is 6.04. The van der Waals surface area contributed by atoms with Crippen LogP contribution in [0.3, 0.4) is 0 Å². The summed E-state index contributed by atoms with van der Waals surface area (Å²) in [5, 5.41) is 9.60. The summed E-state index contributed by atoms with van der Waals surface area (Å²) in [5.74, 6) is -1.81. The fraction of sp³-hybridized carbons (Fsp3) is 0.615. The number of nitrogens with zero attached hydrogens (tertiary/aromatic N) is 1. The lowest BCUT2D eigenvalue weighted by atomic mass is 10.2. The summed E-state index contributed by atoms with van der Waals surface area (Å²) < 4.78 is 9.63. The molecule has 1 fully saturated rings. The molecule has 1 rings (SSSR count). The van der Waals surface area contributed by atoms with Gasteiger partial charge in [0.05, 0.1) is 12.6 Å². The number of hydrogen-bond donors (Lipinski definition) is 1. The first kappa shape index (κ1) is 16.2. The Morgan fingerprint density at radius 1 is 1.35 bits per heavy atom. The van der Waals surface area contributed by atoms with E-state index in [-0.39, 0.29) is 13.0 Å². The van der Waals surface area contributed by atoms with Gasteiger partial charge < -0.3 is 14.6 Å². The Labute approximate surface area is 117 Å². The van der Waals surface area contributed by atoms with Crippen LogP contribution in [0.2, 0.25) is 0 Å². The van der Waals surface area contributed by atoms with Crippen molar-refractivity contribution in [2.45, 2.75) is 44.9 Å². The van der Waals surface area contributed by atoms with Gasteiger partial charge in [-0.15, -0.1) is 0 Å². The van der Waals surface area contributed by atoms with Gasteiger partial charge in [0, 0.05) is 12.5 Å². The summed E-state index contributed by atoms with van der Waals surface area (Å²) in [7, 11) is 0. The molecule has 0 aromatic rings. The molecule has 0 aromatic carbocycles. The Kier molecular flexibility index (Phi) is 4.88. The number of carbonyl (C=O) groups is 3. The molecule has 0 unspecified atom stereocenters. The number of carbonyl (C=O) groups excluding carboxylic acids is 3. The molecule has 1 amide bonds. The van der Waals surface area contributed by atoms with E-state index in [0.29, 0.717) is 0 Å². The van der Waals surface area contributed by atoms with Crippen LogP contribution in [0.15, 0.2) is 12.7 Å². The summed E-state index contributed by atoms with van der Waals surface area (Å²) >= 11 is 0. The number of rotatable bonds is 2. The Morgan fingerprint density at radius 3 is 2.45 bits per heavy atom. The maximum atomic E-state index is 12.0. The standard InChI is InChI=1S/C13H19NO6/c1-5-10(16)19-11(17)9-6-8(15)7-14(9)12(18)20-13(2,3)4/h5,8-9,15H,1,6-7H2,2-4H3/t8-,9+/m1/s1. The summed E-state index contributed by atoms with van der Waals surface area (Å²) in [4.78, 5) is 35.8. The Bertz CT molecular complexity index is 425. The highest BCUT2D eigenvalue weighted by atomic mass is 16.6. The molecule has 0 aliphatic carbocycles. The van der Waals surface area contributed by atoms with Crippen molar-refractivity contribution >= 4 is 18.0 Å². The summed E-state index contributed by atoms with van der Waals surface area (Å²) in [5.41, 5.74) is -0.726.